The molecule has 0 radical (unpaired) electrons. The van der Waals surface area contributed by atoms with Gasteiger partial charge in [-0.3, -0.25) is 0 Å². The first-order valence-corrected chi connectivity index (χ1v) is 26.6. The molecule has 5 aromatic rings. The van der Waals surface area contributed by atoms with Gasteiger partial charge >= 0.3 is 0 Å². The first-order chi connectivity index (χ1) is 32.0. The molecule has 0 heterocycles. The van der Waals surface area contributed by atoms with E-state index in [1.165, 1.54) is 70.3 Å². The maximum atomic E-state index is 7.17. The molecule has 0 atom stereocenters. The van der Waals surface area contributed by atoms with Gasteiger partial charge in [0.2, 0.25) is 0 Å². The Labute approximate surface area is 425 Å². The molecule has 5 aromatic carbocycles. The normalized spacial score (nSPS) is 13.3. The Hall–Kier alpha value is -4.17. The van der Waals surface area contributed by atoms with Crippen molar-refractivity contribution < 1.29 is 23.7 Å². The molecule has 368 valence electrons. The molecular formula is C62H83IO5. The lowest BCUT2D eigenvalue weighted by Crippen LogP contribution is -2.18. The van der Waals surface area contributed by atoms with Gasteiger partial charge in [-0.15, -0.1) is 0 Å². The van der Waals surface area contributed by atoms with Crippen molar-refractivity contribution in [1.82, 2.24) is 0 Å². The van der Waals surface area contributed by atoms with Crippen molar-refractivity contribution in [3.8, 4) is 28.7 Å². The summed E-state index contributed by atoms with van der Waals surface area (Å²) in [6.07, 6.45) is 6.14. The van der Waals surface area contributed by atoms with Gasteiger partial charge in [0, 0.05) is 35.7 Å². The molecule has 1 aliphatic rings. The Morgan fingerprint density at radius 1 is 0.353 bits per heavy atom. The van der Waals surface area contributed by atoms with Crippen LogP contribution in [0.15, 0.2) is 72.8 Å². The topological polar surface area (TPSA) is 46.2 Å². The zero-order valence-electron chi connectivity index (χ0n) is 44.5. The molecular weight excluding hydrogens is 952 g/mol. The summed E-state index contributed by atoms with van der Waals surface area (Å²) in [6.45, 7) is 37.5. The molecule has 0 unspecified atom stereocenters. The predicted molar refractivity (Wildman–Crippen MR) is 294 cm³/mol. The quantitative estimate of drug-likeness (QED) is 0.0758. The van der Waals surface area contributed by atoms with E-state index in [9.17, 15) is 0 Å². The molecule has 0 aromatic heterocycles. The van der Waals surface area contributed by atoms with E-state index in [0.717, 1.165) is 54.4 Å². The average molecular weight is 1040 g/mol. The third-order valence-corrected chi connectivity index (χ3v) is 13.6. The summed E-state index contributed by atoms with van der Waals surface area (Å²) >= 11 is 2.33. The highest BCUT2D eigenvalue weighted by atomic mass is 127. The third-order valence-electron chi connectivity index (χ3n) is 12.9. The fraction of sp³-hybridized carbons (Fsp3) is 0.516. The first-order valence-electron chi connectivity index (χ1n) is 25.5. The minimum atomic E-state index is -0.119. The van der Waals surface area contributed by atoms with Crippen molar-refractivity contribution in [3.63, 3.8) is 0 Å². The number of benzene rings is 5. The number of ether oxygens (including phenoxy) is 5. The van der Waals surface area contributed by atoms with Crippen molar-refractivity contribution in [3.05, 3.63) is 143 Å². The van der Waals surface area contributed by atoms with Gasteiger partial charge in [0.1, 0.15) is 28.7 Å². The summed E-state index contributed by atoms with van der Waals surface area (Å²) in [4.78, 5) is 0. The standard InChI is InChI=1S/C62H83IO5/c1-16-24-65-55-41-29-43-35-50(60(7,8)9)37-45(56(43)66-25-17-2)31-47-39-52(62(13,14)15)40-48(58(47)68-28-19-27-64-54-22-20-53(63)21-23-54)32-46-38-51(61(10,11)12)36-44(57(46)67-26-18-3)30-42(55)34-49(33-41)59(4,5)6/h20-23,33-40H,16-19,24-32H2,1-15H3. The maximum Gasteiger partial charge on any atom is 0.126 e. The van der Waals surface area contributed by atoms with Crippen LogP contribution in [-0.2, 0) is 47.3 Å². The van der Waals surface area contributed by atoms with Gasteiger partial charge in [0.15, 0.2) is 0 Å². The Bertz CT molecular complexity index is 2360. The van der Waals surface area contributed by atoms with E-state index in [1.807, 2.05) is 12.1 Å². The summed E-state index contributed by atoms with van der Waals surface area (Å²) in [7, 11) is 0. The van der Waals surface area contributed by atoms with E-state index in [0.29, 0.717) is 58.7 Å². The lowest BCUT2D eigenvalue weighted by atomic mass is 9.79. The zero-order chi connectivity index (χ0) is 49.6. The molecule has 0 fully saturated rings. The molecule has 8 bridgehead atoms. The lowest BCUT2D eigenvalue weighted by Gasteiger charge is -2.29. The lowest BCUT2D eigenvalue weighted by molar-refractivity contribution is 0.245. The van der Waals surface area contributed by atoms with Crippen molar-refractivity contribution in [2.24, 2.45) is 0 Å². The minimum Gasteiger partial charge on any atom is -0.493 e. The Morgan fingerprint density at radius 3 is 0.824 bits per heavy atom. The Morgan fingerprint density at radius 2 is 0.588 bits per heavy atom. The van der Waals surface area contributed by atoms with Crippen LogP contribution in [0, 0.1) is 3.57 Å². The molecule has 1 aliphatic carbocycles. The summed E-state index contributed by atoms with van der Waals surface area (Å²) in [5, 5.41) is 0. The monoisotopic (exact) mass is 1030 g/mol. The van der Waals surface area contributed by atoms with E-state index in [2.05, 4.69) is 187 Å². The van der Waals surface area contributed by atoms with Crippen LogP contribution in [0.2, 0.25) is 0 Å². The predicted octanol–water partition coefficient (Wildman–Crippen LogP) is 16.4. The van der Waals surface area contributed by atoms with Gasteiger partial charge in [-0.05, 0) is 155 Å². The van der Waals surface area contributed by atoms with Gasteiger partial charge in [-0.2, -0.15) is 0 Å². The molecule has 0 saturated heterocycles. The number of fused-ring (bicyclic) bond motifs is 8. The van der Waals surface area contributed by atoms with Gasteiger partial charge in [0.25, 0.3) is 0 Å². The maximum absolute atomic E-state index is 7.17. The van der Waals surface area contributed by atoms with E-state index in [1.54, 1.807) is 0 Å². The van der Waals surface area contributed by atoms with Crippen LogP contribution >= 0.6 is 22.6 Å². The molecule has 0 spiro atoms. The van der Waals surface area contributed by atoms with Crippen molar-refractivity contribution in [2.45, 2.75) is 177 Å². The number of hydrogen-bond donors (Lipinski definition) is 0. The van der Waals surface area contributed by atoms with Crippen LogP contribution < -0.4 is 23.7 Å². The molecule has 68 heavy (non-hydrogen) atoms. The van der Waals surface area contributed by atoms with E-state index in [4.69, 9.17) is 23.7 Å². The van der Waals surface area contributed by atoms with Crippen molar-refractivity contribution in [2.75, 3.05) is 33.0 Å². The largest absolute Gasteiger partial charge is 0.493 e. The second kappa shape index (κ2) is 22.3. The molecule has 6 heteroatoms. The summed E-state index contributed by atoms with van der Waals surface area (Å²) in [6, 6.07) is 27.6. The molecule has 5 nitrogen and oxygen atoms in total. The molecule has 0 aliphatic heterocycles. The summed E-state index contributed by atoms with van der Waals surface area (Å²) in [5.41, 5.74) is 14.2. The van der Waals surface area contributed by atoms with Crippen LogP contribution in [-0.4, -0.2) is 33.0 Å². The van der Waals surface area contributed by atoms with Gasteiger partial charge in [-0.1, -0.05) is 152 Å². The Balaban J connectivity index is 1.70. The van der Waals surface area contributed by atoms with E-state index < -0.39 is 0 Å². The van der Waals surface area contributed by atoms with Gasteiger partial charge < -0.3 is 23.7 Å². The van der Waals surface area contributed by atoms with Crippen LogP contribution in [0.1, 0.15) is 196 Å². The summed E-state index contributed by atoms with van der Waals surface area (Å²) < 4.78 is 35.6. The van der Waals surface area contributed by atoms with Gasteiger partial charge in [-0.25, -0.2) is 0 Å². The summed E-state index contributed by atoms with van der Waals surface area (Å²) in [5.74, 6) is 4.77. The average Bonchev–Trinajstić information content (AvgIpc) is 3.24. The smallest absolute Gasteiger partial charge is 0.126 e. The number of rotatable bonds is 15. The zero-order valence-corrected chi connectivity index (χ0v) is 46.7. The van der Waals surface area contributed by atoms with Crippen LogP contribution in [0.3, 0.4) is 0 Å². The Kier molecular flexibility index (Phi) is 17.4. The molecule has 0 amide bonds. The fourth-order valence-electron chi connectivity index (χ4n) is 8.93. The second-order valence-electron chi connectivity index (χ2n) is 23.3. The molecule has 0 saturated carbocycles. The molecule has 6 rings (SSSR count). The van der Waals surface area contributed by atoms with Crippen LogP contribution in [0.25, 0.3) is 0 Å². The highest BCUT2D eigenvalue weighted by Crippen LogP contribution is 2.44. The van der Waals surface area contributed by atoms with E-state index in [-0.39, 0.29) is 21.7 Å². The number of halogens is 1. The second-order valence-corrected chi connectivity index (χ2v) is 24.5. The minimum absolute atomic E-state index is 0.0933. The van der Waals surface area contributed by atoms with Crippen molar-refractivity contribution in [1.29, 1.82) is 0 Å². The highest BCUT2D eigenvalue weighted by Gasteiger charge is 2.29. The number of hydrogen-bond acceptors (Lipinski definition) is 5. The SMILES string of the molecule is CCCOc1c2cc(C(C)(C)C)cc1Cc1cc(C(C)(C)C)cc(c1OCCC)Cc1cc(C(C)(C)C)cc(c1OCCCOc1ccc(I)cc1)Cc1cc(C(C)(C)C)cc(c1OCCC)C2. The first kappa shape index (κ1) is 53.2. The third kappa shape index (κ3) is 13.6. The van der Waals surface area contributed by atoms with Crippen LogP contribution in [0.5, 0.6) is 28.7 Å². The van der Waals surface area contributed by atoms with Gasteiger partial charge in [0.05, 0.1) is 33.0 Å². The van der Waals surface area contributed by atoms with Crippen LogP contribution in [0.4, 0.5) is 0 Å². The molecule has 0 N–H and O–H groups in total. The van der Waals surface area contributed by atoms with E-state index >= 15 is 0 Å². The highest BCUT2D eigenvalue weighted by molar-refractivity contribution is 14.1. The fourth-order valence-corrected chi connectivity index (χ4v) is 9.29. The van der Waals surface area contributed by atoms with Crippen molar-refractivity contribution >= 4 is 22.6 Å².